The van der Waals surface area contributed by atoms with Gasteiger partial charge in [-0.05, 0) is 13.0 Å². The van der Waals surface area contributed by atoms with Crippen LogP contribution in [0, 0.1) is 11.6 Å². The number of hydrogen-bond donors (Lipinski definition) is 1. The molecule has 0 saturated heterocycles. The van der Waals surface area contributed by atoms with Gasteiger partial charge in [0, 0.05) is 5.56 Å². The number of carbonyl (C=O) groups is 1. The molecule has 1 unspecified atom stereocenters. The van der Waals surface area contributed by atoms with E-state index in [1.807, 2.05) is 0 Å². The van der Waals surface area contributed by atoms with E-state index in [1.165, 1.54) is 12.1 Å². The fourth-order valence-corrected chi connectivity index (χ4v) is 1.05. The first-order valence-corrected chi connectivity index (χ1v) is 3.80. The first-order chi connectivity index (χ1) is 6.16. The van der Waals surface area contributed by atoms with Crippen LogP contribution in [0.1, 0.15) is 18.5 Å². The van der Waals surface area contributed by atoms with Gasteiger partial charge in [-0.15, -0.1) is 0 Å². The average molecular weight is 185 g/mol. The van der Waals surface area contributed by atoms with E-state index in [9.17, 15) is 13.6 Å². The number of nitrogens with one attached hydrogen (secondary N) is 1. The van der Waals surface area contributed by atoms with Gasteiger partial charge in [0.05, 0.1) is 6.04 Å². The monoisotopic (exact) mass is 185 g/mol. The third-order valence-electron chi connectivity index (χ3n) is 1.77. The Kier molecular flexibility index (Phi) is 2.95. The maximum absolute atomic E-state index is 13.0. The van der Waals surface area contributed by atoms with Crippen LogP contribution in [-0.4, -0.2) is 6.41 Å². The van der Waals surface area contributed by atoms with Crippen LogP contribution in [0.3, 0.4) is 0 Å². The fourth-order valence-electron chi connectivity index (χ4n) is 1.05. The summed E-state index contributed by atoms with van der Waals surface area (Å²) in [6.07, 6.45) is 0.453. The Bertz CT molecular complexity index is 314. The lowest BCUT2D eigenvalue weighted by atomic mass is 10.1. The summed E-state index contributed by atoms with van der Waals surface area (Å²) in [4.78, 5) is 10.1. The highest BCUT2D eigenvalue weighted by Crippen LogP contribution is 2.18. The van der Waals surface area contributed by atoms with Crippen molar-refractivity contribution in [3.8, 4) is 0 Å². The molecule has 70 valence electrons. The van der Waals surface area contributed by atoms with Gasteiger partial charge in [0.1, 0.15) is 0 Å². The second-order valence-electron chi connectivity index (χ2n) is 2.65. The van der Waals surface area contributed by atoms with Crippen LogP contribution in [0.2, 0.25) is 0 Å². The quantitative estimate of drug-likeness (QED) is 0.714. The molecular formula is C9H9F2NO. The molecule has 0 heterocycles. The Hall–Kier alpha value is -1.45. The van der Waals surface area contributed by atoms with Crippen molar-refractivity contribution in [2.24, 2.45) is 0 Å². The molecule has 1 aromatic carbocycles. The summed E-state index contributed by atoms with van der Waals surface area (Å²) in [5, 5.41) is 2.34. The predicted molar refractivity (Wildman–Crippen MR) is 44.0 cm³/mol. The lowest BCUT2D eigenvalue weighted by Gasteiger charge is -2.11. The molecule has 0 saturated carbocycles. The van der Waals surface area contributed by atoms with Gasteiger partial charge in [0.25, 0.3) is 0 Å². The maximum Gasteiger partial charge on any atom is 0.207 e. The largest absolute Gasteiger partial charge is 0.352 e. The molecule has 1 rings (SSSR count). The highest BCUT2D eigenvalue weighted by atomic mass is 19.2. The zero-order valence-corrected chi connectivity index (χ0v) is 7.05. The van der Waals surface area contributed by atoms with Crippen molar-refractivity contribution in [2.75, 3.05) is 0 Å². The number of amides is 1. The van der Waals surface area contributed by atoms with Gasteiger partial charge in [-0.25, -0.2) is 8.78 Å². The third-order valence-corrected chi connectivity index (χ3v) is 1.77. The molecular weight excluding hydrogens is 176 g/mol. The number of hydrogen-bond acceptors (Lipinski definition) is 1. The minimum absolute atomic E-state index is 0.145. The molecule has 2 nitrogen and oxygen atoms in total. The van der Waals surface area contributed by atoms with Crippen LogP contribution in [-0.2, 0) is 4.79 Å². The summed E-state index contributed by atoms with van der Waals surface area (Å²) in [5.41, 5.74) is 0.145. The smallest absolute Gasteiger partial charge is 0.207 e. The predicted octanol–water partition coefficient (Wildman–Crippen LogP) is 1.77. The van der Waals surface area contributed by atoms with Gasteiger partial charge in [-0.1, -0.05) is 12.1 Å². The van der Waals surface area contributed by atoms with Crippen LogP contribution < -0.4 is 5.32 Å². The lowest BCUT2D eigenvalue weighted by Crippen LogP contribution is -2.17. The molecule has 0 aliphatic rings. The molecule has 1 amide bonds. The van der Waals surface area contributed by atoms with Gasteiger partial charge in [-0.3, -0.25) is 4.79 Å². The van der Waals surface area contributed by atoms with Crippen molar-refractivity contribution >= 4 is 6.41 Å². The Morgan fingerprint density at radius 2 is 2.15 bits per heavy atom. The van der Waals surface area contributed by atoms with E-state index in [0.29, 0.717) is 6.41 Å². The fraction of sp³-hybridized carbons (Fsp3) is 0.222. The summed E-state index contributed by atoms with van der Waals surface area (Å²) >= 11 is 0. The molecule has 4 heteroatoms. The van der Waals surface area contributed by atoms with Crippen molar-refractivity contribution in [1.29, 1.82) is 0 Å². The molecule has 1 aromatic rings. The third kappa shape index (κ3) is 2.02. The van der Waals surface area contributed by atoms with Crippen molar-refractivity contribution in [3.63, 3.8) is 0 Å². The van der Waals surface area contributed by atoms with E-state index < -0.39 is 17.7 Å². The first-order valence-electron chi connectivity index (χ1n) is 3.80. The molecule has 0 radical (unpaired) electrons. The topological polar surface area (TPSA) is 29.1 Å². The summed E-state index contributed by atoms with van der Waals surface area (Å²) in [7, 11) is 0. The molecule has 13 heavy (non-hydrogen) atoms. The molecule has 0 spiro atoms. The van der Waals surface area contributed by atoms with Crippen LogP contribution >= 0.6 is 0 Å². The summed E-state index contributed by atoms with van der Waals surface area (Å²) < 4.78 is 25.7. The summed E-state index contributed by atoms with van der Waals surface area (Å²) in [6, 6.07) is 3.34. The van der Waals surface area contributed by atoms with Crippen molar-refractivity contribution < 1.29 is 13.6 Å². The van der Waals surface area contributed by atoms with Gasteiger partial charge >= 0.3 is 0 Å². The minimum atomic E-state index is -0.913. The van der Waals surface area contributed by atoms with Crippen molar-refractivity contribution in [3.05, 3.63) is 35.4 Å². The highest BCUT2D eigenvalue weighted by molar-refractivity contribution is 5.47. The van der Waals surface area contributed by atoms with Gasteiger partial charge in [-0.2, -0.15) is 0 Å². The molecule has 1 atom stereocenters. The molecule has 0 aromatic heterocycles. The number of carbonyl (C=O) groups excluding carboxylic acids is 1. The first kappa shape index (κ1) is 9.64. The van der Waals surface area contributed by atoms with Crippen LogP contribution in [0.15, 0.2) is 18.2 Å². The highest BCUT2D eigenvalue weighted by Gasteiger charge is 2.12. The van der Waals surface area contributed by atoms with E-state index >= 15 is 0 Å². The Balaban J connectivity index is 3.00. The normalized spacial score (nSPS) is 12.2. The second kappa shape index (κ2) is 3.98. The van der Waals surface area contributed by atoms with E-state index in [0.717, 1.165) is 6.07 Å². The molecule has 0 bridgehead atoms. The van der Waals surface area contributed by atoms with Crippen molar-refractivity contribution in [2.45, 2.75) is 13.0 Å². The van der Waals surface area contributed by atoms with E-state index in [4.69, 9.17) is 0 Å². The average Bonchev–Trinajstić information content (AvgIpc) is 2.10. The Morgan fingerprint density at radius 1 is 1.46 bits per heavy atom. The van der Waals surface area contributed by atoms with E-state index in [1.54, 1.807) is 6.92 Å². The number of benzene rings is 1. The van der Waals surface area contributed by atoms with Gasteiger partial charge in [0.2, 0.25) is 6.41 Å². The van der Waals surface area contributed by atoms with E-state index in [-0.39, 0.29) is 5.56 Å². The van der Waals surface area contributed by atoms with Gasteiger partial charge in [0.15, 0.2) is 11.6 Å². The SMILES string of the molecule is CC(NC=O)c1cccc(F)c1F. The lowest BCUT2D eigenvalue weighted by molar-refractivity contribution is -0.110. The van der Waals surface area contributed by atoms with Crippen LogP contribution in [0.25, 0.3) is 0 Å². The maximum atomic E-state index is 13.0. The molecule has 1 N–H and O–H groups in total. The second-order valence-corrected chi connectivity index (χ2v) is 2.65. The van der Waals surface area contributed by atoms with E-state index in [2.05, 4.69) is 5.32 Å². The van der Waals surface area contributed by atoms with Crippen LogP contribution in [0.5, 0.6) is 0 Å². The zero-order valence-electron chi connectivity index (χ0n) is 7.05. The molecule has 0 aliphatic heterocycles. The summed E-state index contributed by atoms with van der Waals surface area (Å²) in [6.45, 7) is 1.58. The number of halogens is 2. The molecule has 0 aliphatic carbocycles. The van der Waals surface area contributed by atoms with Crippen molar-refractivity contribution in [1.82, 2.24) is 5.32 Å². The zero-order chi connectivity index (χ0) is 9.84. The summed E-state index contributed by atoms with van der Waals surface area (Å²) in [5.74, 6) is -1.82. The molecule has 0 fully saturated rings. The Labute approximate surface area is 74.6 Å². The standard InChI is InChI=1S/C9H9F2NO/c1-6(12-5-13)7-3-2-4-8(10)9(7)11/h2-6H,1H3,(H,12,13). The Morgan fingerprint density at radius 3 is 2.77 bits per heavy atom. The van der Waals surface area contributed by atoms with Crippen LogP contribution in [0.4, 0.5) is 8.78 Å². The minimum Gasteiger partial charge on any atom is -0.352 e. The van der Waals surface area contributed by atoms with Gasteiger partial charge < -0.3 is 5.32 Å². The number of rotatable bonds is 3.